The maximum atomic E-state index is 3.61. The first-order valence-electron chi connectivity index (χ1n) is 5.91. The first-order chi connectivity index (χ1) is 7.31. The van der Waals surface area contributed by atoms with E-state index in [1.165, 1.54) is 36.2 Å². The smallest absolute Gasteiger partial charge is 0.0606 e. The van der Waals surface area contributed by atoms with Crippen molar-refractivity contribution in [3.05, 3.63) is 23.8 Å². The summed E-state index contributed by atoms with van der Waals surface area (Å²) in [6.45, 7) is 5.45. The Labute approximate surface area is 92.1 Å². The lowest BCUT2D eigenvalue weighted by molar-refractivity contribution is 0.619. The summed E-state index contributed by atoms with van der Waals surface area (Å²) in [4.78, 5) is 0. The lowest BCUT2D eigenvalue weighted by atomic mass is 10.0. The monoisotopic (exact) mass is 204 g/mol. The molecule has 15 heavy (non-hydrogen) atoms. The van der Waals surface area contributed by atoms with Crippen LogP contribution in [0, 0.1) is 6.92 Å². The molecule has 2 heteroatoms. The van der Waals surface area contributed by atoms with E-state index in [1.807, 2.05) is 0 Å². The summed E-state index contributed by atoms with van der Waals surface area (Å²) < 4.78 is 0. The zero-order chi connectivity index (χ0) is 10.7. The first-order valence-corrected chi connectivity index (χ1v) is 5.91. The van der Waals surface area contributed by atoms with Crippen LogP contribution in [0.2, 0.25) is 0 Å². The Kier molecular flexibility index (Phi) is 3.14. The third-order valence-corrected chi connectivity index (χ3v) is 3.06. The fraction of sp³-hybridized carbons (Fsp3) is 0.538. The van der Waals surface area contributed by atoms with Gasteiger partial charge in [-0.2, -0.15) is 0 Å². The van der Waals surface area contributed by atoms with E-state index in [9.17, 15) is 0 Å². The molecule has 0 amide bonds. The fourth-order valence-corrected chi connectivity index (χ4v) is 2.14. The number of hydrogen-bond donors (Lipinski definition) is 2. The van der Waals surface area contributed by atoms with Gasteiger partial charge in [0.05, 0.1) is 11.4 Å². The quantitative estimate of drug-likeness (QED) is 0.788. The number of rotatable bonds is 3. The summed E-state index contributed by atoms with van der Waals surface area (Å²) in [5.41, 5.74) is 3.88. The van der Waals surface area contributed by atoms with Gasteiger partial charge in [-0.05, 0) is 25.0 Å². The predicted octanol–water partition coefficient (Wildman–Crippen LogP) is 3.39. The molecule has 0 spiro atoms. The zero-order valence-corrected chi connectivity index (χ0v) is 9.64. The van der Waals surface area contributed by atoms with Crippen LogP contribution < -0.4 is 10.6 Å². The van der Waals surface area contributed by atoms with Gasteiger partial charge in [-0.1, -0.05) is 31.9 Å². The number of para-hydroxylation sites is 1. The van der Waals surface area contributed by atoms with E-state index in [1.54, 1.807) is 0 Å². The molecule has 0 aliphatic carbocycles. The van der Waals surface area contributed by atoms with Crippen LogP contribution in [0.25, 0.3) is 0 Å². The molecule has 1 unspecified atom stereocenters. The molecule has 0 aromatic heterocycles. The molecular weight excluding hydrogens is 184 g/mol. The molecule has 0 bridgehead atoms. The lowest BCUT2D eigenvalue weighted by Crippen LogP contribution is -2.33. The number of nitrogens with one attached hydrogen (secondary N) is 2. The van der Waals surface area contributed by atoms with Gasteiger partial charge in [0.15, 0.2) is 0 Å². The molecule has 2 rings (SSSR count). The Morgan fingerprint density at radius 2 is 2.27 bits per heavy atom. The van der Waals surface area contributed by atoms with Gasteiger partial charge in [0.2, 0.25) is 0 Å². The van der Waals surface area contributed by atoms with E-state index in [4.69, 9.17) is 0 Å². The molecular formula is C13H20N2. The summed E-state index contributed by atoms with van der Waals surface area (Å²) in [7, 11) is 0. The summed E-state index contributed by atoms with van der Waals surface area (Å²) in [5, 5.41) is 7.14. The highest BCUT2D eigenvalue weighted by molar-refractivity contribution is 5.74. The Morgan fingerprint density at radius 1 is 1.40 bits per heavy atom. The molecule has 1 aliphatic heterocycles. The number of unbranched alkanes of at least 4 members (excludes halogenated alkanes) is 1. The molecule has 82 valence electrons. The van der Waals surface area contributed by atoms with Crippen molar-refractivity contribution < 1.29 is 0 Å². The van der Waals surface area contributed by atoms with E-state index >= 15 is 0 Å². The van der Waals surface area contributed by atoms with Gasteiger partial charge in [0.25, 0.3) is 0 Å². The van der Waals surface area contributed by atoms with Crippen LogP contribution in [0.1, 0.15) is 31.7 Å². The Hall–Kier alpha value is -1.18. The minimum Gasteiger partial charge on any atom is -0.381 e. The zero-order valence-electron chi connectivity index (χ0n) is 9.64. The number of aryl methyl sites for hydroxylation is 1. The lowest BCUT2D eigenvalue weighted by Gasteiger charge is -2.29. The molecule has 0 saturated heterocycles. The first kappa shape index (κ1) is 10.3. The average molecular weight is 204 g/mol. The SMILES string of the molecule is CCCCC1CNc2c(C)cccc2N1. The highest BCUT2D eigenvalue weighted by Crippen LogP contribution is 2.29. The Balaban J connectivity index is 2.07. The second-order valence-electron chi connectivity index (χ2n) is 4.36. The molecule has 0 radical (unpaired) electrons. The highest BCUT2D eigenvalue weighted by atomic mass is 15.1. The van der Waals surface area contributed by atoms with Crippen LogP contribution in [0.5, 0.6) is 0 Å². The van der Waals surface area contributed by atoms with Crippen molar-refractivity contribution in [3.63, 3.8) is 0 Å². The van der Waals surface area contributed by atoms with Crippen LogP contribution in [0.4, 0.5) is 11.4 Å². The third-order valence-electron chi connectivity index (χ3n) is 3.06. The molecule has 1 aromatic rings. The topological polar surface area (TPSA) is 24.1 Å². The molecule has 1 heterocycles. The summed E-state index contributed by atoms with van der Waals surface area (Å²) >= 11 is 0. The maximum Gasteiger partial charge on any atom is 0.0606 e. The van der Waals surface area contributed by atoms with E-state index in [2.05, 4.69) is 42.7 Å². The van der Waals surface area contributed by atoms with Crippen molar-refractivity contribution in [1.82, 2.24) is 0 Å². The Morgan fingerprint density at radius 3 is 3.07 bits per heavy atom. The summed E-state index contributed by atoms with van der Waals surface area (Å²) in [6.07, 6.45) is 3.84. The van der Waals surface area contributed by atoms with Crippen LogP contribution in [0.3, 0.4) is 0 Å². The molecule has 0 saturated carbocycles. The van der Waals surface area contributed by atoms with E-state index in [0.717, 1.165) is 6.54 Å². The van der Waals surface area contributed by atoms with Gasteiger partial charge < -0.3 is 10.6 Å². The van der Waals surface area contributed by atoms with Crippen LogP contribution >= 0.6 is 0 Å². The summed E-state index contributed by atoms with van der Waals surface area (Å²) in [5.74, 6) is 0. The van der Waals surface area contributed by atoms with Crippen LogP contribution in [-0.2, 0) is 0 Å². The van der Waals surface area contributed by atoms with Gasteiger partial charge in [-0.3, -0.25) is 0 Å². The van der Waals surface area contributed by atoms with E-state index in [0.29, 0.717) is 6.04 Å². The van der Waals surface area contributed by atoms with E-state index in [-0.39, 0.29) is 0 Å². The minimum atomic E-state index is 0.597. The van der Waals surface area contributed by atoms with Gasteiger partial charge in [0, 0.05) is 12.6 Å². The van der Waals surface area contributed by atoms with Crippen LogP contribution in [0.15, 0.2) is 18.2 Å². The molecule has 1 atom stereocenters. The molecule has 1 aromatic carbocycles. The van der Waals surface area contributed by atoms with Crippen molar-refractivity contribution in [1.29, 1.82) is 0 Å². The van der Waals surface area contributed by atoms with Gasteiger partial charge in [-0.25, -0.2) is 0 Å². The molecule has 2 N–H and O–H groups in total. The average Bonchev–Trinajstić information content (AvgIpc) is 2.26. The van der Waals surface area contributed by atoms with Crippen molar-refractivity contribution in [2.45, 2.75) is 39.2 Å². The molecule has 2 nitrogen and oxygen atoms in total. The number of anilines is 2. The third kappa shape index (κ3) is 2.25. The highest BCUT2D eigenvalue weighted by Gasteiger charge is 2.17. The van der Waals surface area contributed by atoms with E-state index < -0.39 is 0 Å². The standard InChI is InChI=1S/C13H20N2/c1-3-4-7-11-9-14-13-10(2)6-5-8-12(13)15-11/h5-6,8,11,14-15H,3-4,7,9H2,1-2H3. The molecule has 1 aliphatic rings. The molecule has 0 fully saturated rings. The van der Waals surface area contributed by atoms with Crippen LogP contribution in [-0.4, -0.2) is 12.6 Å². The van der Waals surface area contributed by atoms with Crippen molar-refractivity contribution in [3.8, 4) is 0 Å². The number of hydrogen-bond acceptors (Lipinski definition) is 2. The maximum absolute atomic E-state index is 3.61. The van der Waals surface area contributed by atoms with Crippen molar-refractivity contribution >= 4 is 11.4 Å². The minimum absolute atomic E-state index is 0.597. The summed E-state index contributed by atoms with van der Waals surface area (Å²) in [6, 6.07) is 7.03. The number of benzene rings is 1. The Bertz CT molecular complexity index is 333. The number of fused-ring (bicyclic) bond motifs is 1. The predicted molar refractivity (Wildman–Crippen MR) is 66.6 cm³/mol. The van der Waals surface area contributed by atoms with Gasteiger partial charge in [-0.15, -0.1) is 0 Å². The van der Waals surface area contributed by atoms with Crippen molar-refractivity contribution in [2.24, 2.45) is 0 Å². The fourth-order valence-electron chi connectivity index (χ4n) is 2.14. The second-order valence-corrected chi connectivity index (χ2v) is 4.36. The van der Waals surface area contributed by atoms with Crippen molar-refractivity contribution in [2.75, 3.05) is 17.2 Å². The normalized spacial score (nSPS) is 18.9. The largest absolute Gasteiger partial charge is 0.381 e. The van der Waals surface area contributed by atoms with Gasteiger partial charge >= 0.3 is 0 Å². The second kappa shape index (κ2) is 4.56. The van der Waals surface area contributed by atoms with Gasteiger partial charge in [0.1, 0.15) is 0 Å².